The fourth-order valence-electron chi connectivity index (χ4n) is 0.863. The summed E-state index contributed by atoms with van der Waals surface area (Å²) < 4.78 is 0. The minimum atomic E-state index is 0.540. The normalized spacial score (nSPS) is 9.08. The molecule has 0 aliphatic carbocycles. The first-order valence-electron chi connectivity index (χ1n) is 4.01. The quantitative estimate of drug-likeness (QED) is 0.548. The average Bonchev–Trinajstić information content (AvgIpc) is 2.13. The zero-order valence-corrected chi connectivity index (χ0v) is 8.23. The van der Waals surface area contributed by atoms with Gasteiger partial charge in [-0.3, -0.25) is 0 Å². The molecule has 2 nitrogen and oxygen atoms in total. The van der Waals surface area contributed by atoms with E-state index < -0.39 is 0 Å². The highest BCUT2D eigenvalue weighted by atomic mass is 35.5. The standard InChI is InChI=1S/C10H11ClN2/c1-8-5-7-13-9(10(8)12)4-2-3-6-11/h5,7H,3,6,12H2,1H3. The van der Waals surface area contributed by atoms with Gasteiger partial charge >= 0.3 is 0 Å². The summed E-state index contributed by atoms with van der Waals surface area (Å²) in [6.45, 7) is 1.93. The summed E-state index contributed by atoms with van der Waals surface area (Å²) in [6.07, 6.45) is 2.37. The Morgan fingerprint density at radius 3 is 3.08 bits per heavy atom. The SMILES string of the molecule is Cc1ccnc(C#CCCCl)c1N. The Hall–Kier alpha value is -1.20. The molecule has 1 aromatic rings. The van der Waals surface area contributed by atoms with E-state index in [0.717, 1.165) is 5.56 Å². The monoisotopic (exact) mass is 194 g/mol. The van der Waals surface area contributed by atoms with Gasteiger partial charge < -0.3 is 5.73 Å². The molecule has 1 rings (SSSR count). The minimum absolute atomic E-state index is 0.540. The molecule has 1 heterocycles. The van der Waals surface area contributed by atoms with Gasteiger partial charge in [-0.15, -0.1) is 11.6 Å². The first kappa shape index (κ1) is 9.88. The predicted molar refractivity (Wildman–Crippen MR) is 55.6 cm³/mol. The molecule has 2 N–H and O–H groups in total. The molecule has 0 unspecified atom stereocenters. The average molecular weight is 195 g/mol. The van der Waals surface area contributed by atoms with Crippen LogP contribution in [-0.4, -0.2) is 10.9 Å². The van der Waals surface area contributed by atoms with Crippen LogP contribution in [0.2, 0.25) is 0 Å². The van der Waals surface area contributed by atoms with E-state index in [1.807, 2.05) is 13.0 Å². The summed E-state index contributed by atoms with van der Waals surface area (Å²) in [4.78, 5) is 4.07. The van der Waals surface area contributed by atoms with Crippen molar-refractivity contribution < 1.29 is 0 Å². The van der Waals surface area contributed by atoms with Gasteiger partial charge in [-0.25, -0.2) is 4.98 Å². The molecular formula is C10H11ClN2. The van der Waals surface area contributed by atoms with Gasteiger partial charge in [-0.05, 0) is 24.5 Å². The van der Waals surface area contributed by atoms with Crippen LogP contribution in [0.25, 0.3) is 0 Å². The molecule has 0 saturated carbocycles. The van der Waals surface area contributed by atoms with E-state index in [2.05, 4.69) is 16.8 Å². The number of anilines is 1. The number of aryl methyl sites for hydroxylation is 1. The fourth-order valence-corrected chi connectivity index (χ4v) is 0.957. The van der Waals surface area contributed by atoms with Crippen LogP contribution in [0.4, 0.5) is 5.69 Å². The topological polar surface area (TPSA) is 38.9 Å². The van der Waals surface area contributed by atoms with E-state index >= 15 is 0 Å². The second-order valence-corrected chi connectivity index (χ2v) is 3.01. The molecule has 0 fully saturated rings. The molecule has 3 heteroatoms. The Bertz CT molecular complexity index is 350. The molecule has 0 amide bonds. The van der Waals surface area contributed by atoms with Crippen LogP contribution < -0.4 is 5.73 Å². The van der Waals surface area contributed by atoms with Gasteiger partial charge in [-0.1, -0.05) is 5.92 Å². The summed E-state index contributed by atoms with van der Waals surface area (Å²) in [5, 5.41) is 0. The lowest BCUT2D eigenvalue weighted by molar-refractivity contribution is 1.24. The predicted octanol–water partition coefficient (Wildman–Crippen LogP) is 1.95. The van der Waals surface area contributed by atoms with Crippen molar-refractivity contribution in [2.24, 2.45) is 0 Å². The first-order valence-corrected chi connectivity index (χ1v) is 4.55. The number of rotatable bonds is 1. The van der Waals surface area contributed by atoms with Gasteiger partial charge in [-0.2, -0.15) is 0 Å². The van der Waals surface area contributed by atoms with E-state index in [9.17, 15) is 0 Å². The highest BCUT2D eigenvalue weighted by Crippen LogP contribution is 2.11. The smallest absolute Gasteiger partial charge is 0.136 e. The number of hydrogen-bond acceptors (Lipinski definition) is 2. The number of halogens is 1. The maximum absolute atomic E-state index is 5.77. The Morgan fingerprint density at radius 2 is 2.38 bits per heavy atom. The summed E-state index contributed by atoms with van der Waals surface area (Å²) in [5.74, 6) is 6.32. The van der Waals surface area contributed by atoms with Gasteiger partial charge in [0.15, 0.2) is 0 Å². The van der Waals surface area contributed by atoms with Crippen molar-refractivity contribution in [1.29, 1.82) is 0 Å². The van der Waals surface area contributed by atoms with Crippen LogP contribution in [0.3, 0.4) is 0 Å². The van der Waals surface area contributed by atoms with Gasteiger partial charge in [0, 0.05) is 18.5 Å². The summed E-state index contributed by atoms with van der Waals surface area (Å²) >= 11 is 5.48. The Labute approximate surface area is 83.1 Å². The molecule has 68 valence electrons. The van der Waals surface area contributed by atoms with Gasteiger partial charge in [0.05, 0.1) is 5.69 Å². The number of nitrogens with zero attached hydrogens (tertiary/aromatic N) is 1. The molecule has 0 spiro atoms. The lowest BCUT2D eigenvalue weighted by Crippen LogP contribution is -1.96. The number of pyridine rings is 1. The third-order valence-electron chi connectivity index (χ3n) is 1.63. The Morgan fingerprint density at radius 1 is 1.62 bits per heavy atom. The van der Waals surface area contributed by atoms with Crippen LogP contribution in [-0.2, 0) is 0 Å². The van der Waals surface area contributed by atoms with Crippen molar-refractivity contribution in [1.82, 2.24) is 4.98 Å². The number of hydrogen-bond donors (Lipinski definition) is 1. The fraction of sp³-hybridized carbons (Fsp3) is 0.300. The van der Waals surface area contributed by atoms with Crippen molar-refractivity contribution in [3.05, 3.63) is 23.5 Å². The Balaban J connectivity index is 2.91. The summed E-state index contributed by atoms with van der Waals surface area (Å²) in [7, 11) is 0. The largest absolute Gasteiger partial charge is 0.396 e. The van der Waals surface area contributed by atoms with Gasteiger partial charge in [0.1, 0.15) is 5.69 Å². The lowest BCUT2D eigenvalue weighted by atomic mass is 10.2. The van der Waals surface area contributed by atoms with E-state index in [1.54, 1.807) is 6.20 Å². The van der Waals surface area contributed by atoms with Crippen molar-refractivity contribution in [3.8, 4) is 11.8 Å². The maximum Gasteiger partial charge on any atom is 0.136 e. The molecule has 0 bridgehead atoms. The molecule has 0 saturated heterocycles. The molecule has 0 aliphatic heterocycles. The molecular weight excluding hydrogens is 184 g/mol. The van der Waals surface area contributed by atoms with Crippen LogP contribution in [0, 0.1) is 18.8 Å². The minimum Gasteiger partial charge on any atom is -0.396 e. The van der Waals surface area contributed by atoms with Crippen molar-refractivity contribution >= 4 is 17.3 Å². The first-order chi connectivity index (χ1) is 6.25. The van der Waals surface area contributed by atoms with Gasteiger partial charge in [0.2, 0.25) is 0 Å². The highest BCUT2D eigenvalue weighted by molar-refractivity contribution is 6.18. The number of alkyl halides is 1. The molecule has 0 radical (unpaired) electrons. The van der Waals surface area contributed by atoms with Gasteiger partial charge in [0.25, 0.3) is 0 Å². The van der Waals surface area contributed by atoms with Crippen molar-refractivity contribution in [2.75, 3.05) is 11.6 Å². The summed E-state index contributed by atoms with van der Waals surface area (Å²) in [6, 6.07) is 1.86. The van der Waals surface area contributed by atoms with E-state index in [0.29, 0.717) is 23.7 Å². The van der Waals surface area contributed by atoms with Crippen LogP contribution in [0.5, 0.6) is 0 Å². The van der Waals surface area contributed by atoms with Crippen LogP contribution in [0.1, 0.15) is 17.7 Å². The summed E-state index contributed by atoms with van der Waals surface area (Å²) in [5.41, 5.74) is 8.07. The van der Waals surface area contributed by atoms with E-state index in [1.165, 1.54) is 0 Å². The number of aromatic nitrogens is 1. The second kappa shape index (κ2) is 4.74. The zero-order valence-electron chi connectivity index (χ0n) is 7.47. The highest BCUT2D eigenvalue weighted by Gasteiger charge is 1.98. The number of nitrogen functional groups attached to an aromatic ring is 1. The maximum atomic E-state index is 5.77. The molecule has 1 aromatic heterocycles. The third kappa shape index (κ3) is 2.64. The second-order valence-electron chi connectivity index (χ2n) is 2.63. The number of nitrogens with two attached hydrogens (primary N) is 1. The molecule has 0 atom stereocenters. The van der Waals surface area contributed by atoms with E-state index in [-0.39, 0.29) is 0 Å². The van der Waals surface area contributed by atoms with Crippen molar-refractivity contribution in [2.45, 2.75) is 13.3 Å². The van der Waals surface area contributed by atoms with E-state index in [4.69, 9.17) is 17.3 Å². The molecule has 13 heavy (non-hydrogen) atoms. The van der Waals surface area contributed by atoms with Crippen molar-refractivity contribution in [3.63, 3.8) is 0 Å². The van der Waals surface area contributed by atoms with Crippen LogP contribution >= 0.6 is 11.6 Å². The lowest BCUT2D eigenvalue weighted by Gasteiger charge is -1.99. The Kier molecular flexibility index (Phi) is 3.60. The third-order valence-corrected chi connectivity index (χ3v) is 1.82. The zero-order chi connectivity index (χ0) is 9.68. The molecule has 0 aliphatic rings. The van der Waals surface area contributed by atoms with Crippen LogP contribution in [0.15, 0.2) is 12.3 Å². The molecule has 0 aromatic carbocycles.